The van der Waals surface area contributed by atoms with Gasteiger partial charge < -0.3 is 9.47 Å². The topological polar surface area (TPSA) is 83.3 Å². The largest absolute Gasteiger partial charge is 0.519 e. The Balaban J connectivity index is 1.69. The minimum atomic E-state index is -0.862. The van der Waals surface area contributed by atoms with Crippen molar-refractivity contribution in [1.82, 2.24) is 15.0 Å². The third-order valence-corrected chi connectivity index (χ3v) is 3.17. The fourth-order valence-corrected chi connectivity index (χ4v) is 2.15. The molecule has 0 radical (unpaired) electrons. The Labute approximate surface area is 120 Å². The van der Waals surface area contributed by atoms with Gasteiger partial charge >= 0.3 is 6.16 Å². The number of nitrogens with zero attached hydrogens (tertiary/aromatic N) is 3. The number of aryl methyl sites for hydroxylation is 1. The van der Waals surface area contributed by atoms with Crippen molar-refractivity contribution in [1.29, 1.82) is 0 Å². The normalized spacial score (nSPS) is 14.9. The molecular weight excluding hydrogens is 274 g/mol. The summed E-state index contributed by atoms with van der Waals surface area (Å²) in [7, 11) is 1.77. The van der Waals surface area contributed by atoms with Crippen molar-refractivity contribution in [2.24, 2.45) is 7.05 Å². The fourth-order valence-electron chi connectivity index (χ4n) is 2.15. The van der Waals surface area contributed by atoms with Crippen LogP contribution in [0, 0.1) is 0 Å². The van der Waals surface area contributed by atoms with E-state index in [2.05, 4.69) is 10.3 Å². The second-order valence-electron chi connectivity index (χ2n) is 4.75. The Kier molecular flexibility index (Phi) is 3.39. The molecule has 3 rings (SSSR count). The van der Waals surface area contributed by atoms with Crippen LogP contribution in [0.2, 0.25) is 0 Å². The molecule has 0 spiro atoms. The SMILES string of the molecule is Cn1nnc2cc(OC(=O)OC3=CC(=O)CCC3)ccc21. The van der Waals surface area contributed by atoms with E-state index in [0.29, 0.717) is 36.3 Å². The van der Waals surface area contributed by atoms with Gasteiger partial charge in [0.05, 0.1) is 5.52 Å². The number of carbonyl (C=O) groups is 2. The van der Waals surface area contributed by atoms with Crippen LogP contribution < -0.4 is 4.74 Å². The van der Waals surface area contributed by atoms with Crippen molar-refractivity contribution in [3.05, 3.63) is 30.0 Å². The van der Waals surface area contributed by atoms with Gasteiger partial charge in [-0.3, -0.25) is 4.79 Å². The second kappa shape index (κ2) is 5.35. The highest BCUT2D eigenvalue weighted by atomic mass is 16.7. The molecule has 2 aromatic rings. The predicted molar refractivity (Wildman–Crippen MR) is 72.6 cm³/mol. The van der Waals surface area contributed by atoms with Gasteiger partial charge in [0.15, 0.2) is 5.78 Å². The minimum Gasteiger partial charge on any atom is -0.399 e. The quantitative estimate of drug-likeness (QED) is 0.621. The molecule has 0 unspecified atom stereocenters. The van der Waals surface area contributed by atoms with Crippen molar-refractivity contribution < 1.29 is 19.1 Å². The van der Waals surface area contributed by atoms with Crippen LogP contribution in [0.15, 0.2) is 30.0 Å². The molecule has 0 saturated heterocycles. The van der Waals surface area contributed by atoms with E-state index in [9.17, 15) is 9.59 Å². The molecule has 0 saturated carbocycles. The molecule has 7 nitrogen and oxygen atoms in total. The Hall–Kier alpha value is -2.70. The van der Waals surface area contributed by atoms with Crippen molar-refractivity contribution in [2.75, 3.05) is 0 Å². The molecule has 1 heterocycles. The van der Waals surface area contributed by atoms with Gasteiger partial charge in [-0.2, -0.15) is 0 Å². The first-order valence-corrected chi connectivity index (χ1v) is 6.54. The van der Waals surface area contributed by atoms with Crippen LogP contribution in [0.25, 0.3) is 11.0 Å². The third kappa shape index (κ3) is 2.91. The number of hydrogen-bond donors (Lipinski definition) is 0. The summed E-state index contributed by atoms with van der Waals surface area (Å²) in [4.78, 5) is 22.9. The standard InChI is InChI=1S/C14H13N3O4/c1-17-13-6-5-11(8-12(13)15-16-17)21-14(19)20-10-4-2-3-9(18)7-10/h5-8H,2-4H2,1H3. The number of aromatic nitrogens is 3. The van der Waals surface area contributed by atoms with Gasteiger partial charge in [-0.1, -0.05) is 5.21 Å². The zero-order valence-corrected chi connectivity index (χ0v) is 11.4. The summed E-state index contributed by atoms with van der Waals surface area (Å²) < 4.78 is 11.7. The van der Waals surface area contributed by atoms with Crippen molar-refractivity contribution >= 4 is 23.0 Å². The molecule has 0 fully saturated rings. The number of benzene rings is 1. The highest BCUT2D eigenvalue weighted by Crippen LogP contribution is 2.21. The number of ether oxygens (including phenoxy) is 2. The van der Waals surface area contributed by atoms with Crippen LogP contribution in [0.1, 0.15) is 19.3 Å². The van der Waals surface area contributed by atoms with Crippen molar-refractivity contribution in [3.8, 4) is 5.75 Å². The van der Waals surface area contributed by atoms with E-state index in [0.717, 1.165) is 5.52 Å². The number of fused-ring (bicyclic) bond motifs is 1. The van der Waals surface area contributed by atoms with Crippen molar-refractivity contribution in [2.45, 2.75) is 19.3 Å². The number of carbonyl (C=O) groups excluding carboxylic acids is 2. The summed E-state index contributed by atoms with van der Waals surface area (Å²) >= 11 is 0. The highest BCUT2D eigenvalue weighted by molar-refractivity contribution is 5.91. The van der Waals surface area contributed by atoms with Gasteiger partial charge in [-0.15, -0.1) is 5.10 Å². The maximum atomic E-state index is 11.7. The van der Waals surface area contributed by atoms with E-state index in [1.54, 1.807) is 29.9 Å². The molecule has 0 N–H and O–H groups in total. The average molecular weight is 287 g/mol. The highest BCUT2D eigenvalue weighted by Gasteiger charge is 2.16. The molecule has 21 heavy (non-hydrogen) atoms. The summed E-state index contributed by atoms with van der Waals surface area (Å²) in [6.07, 6.45) is 2.22. The Morgan fingerprint density at radius 2 is 2.14 bits per heavy atom. The van der Waals surface area contributed by atoms with Gasteiger partial charge in [-0.25, -0.2) is 9.48 Å². The molecule has 0 bridgehead atoms. The van der Waals surface area contributed by atoms with E-state index < -0.39 is 6.16 Å². The van der Waals surface area contributed by atoms with Crippen LogP contribution in [-0.4, -0.2) is 26.9 Å². The Morgan fingerprint density at radius 1 is 1.29 bits per heavy atom. The maximum Gasteiger partial charge on any atom is 0.519 e. The van der Waals surface area contributed by atoms with Crippen LogP contribution in [0.5, 0.6) is 5.75 Å². The summed E-state index contributed by atoms with van der Waals surface area (Å²) in [5, 5.41) is 7.80. The van der Waals surface area contributed by atoms with E-state index in [-0.39, 0.29) is 5.78 Å². The van der Waals surface area contributed by atoms with Crippen molar-refractivity contribution in [3.63, 3.8) is 0 Å². The van der Waals surface area contributed by atoms with Crippen LogP contribution in [0.4, 0.5) is 4.79 Å². The number of rotatable bonds is 2. The summed E-state index contributed by atoms with van der Waals surface area (Å²) in [5.41, 5.74) is 1.45. The second-order valence-corrected chi connectivity index (χ2v) is 4.75. The number of allylic oxidation sites excluding steroid dienone is 2. The average Bonchev–Trinajstić information content (AvgIpc) is 2.80. The summed E-state index contributed by atoms with van der Waals surface area (Å²) in [6, 6.07) is 4.98. The number of ketones is 1. The minimum absolute atomic E-state index is 0.0370. The first kappa shape index (κ1) is 13.3. The van der Waals surface area contributed by atoms with Gasteiger partial charge in [0.1, 0.15) is 17.0 Å². The van der Waals surface area contributed by atoms with Crippen LogP contribution >= 0.6 is 0 Å². The molecule has 1 aliphatic carbocycles. The maximum absolute atomic E-state index is 11.7. The first-order chi connectivity index (χ1) is 10.1. The molecular formula is C14H13N3O4. The molecule has 1 aromatic heterocycles. The van der Waals surface area contributed by atoms with Gasteiger partial charge in [0.2, 0.25) is 0 Å². The molecule has 7 heteroatoms. The lowest BCUT2D eigenvalue weighted by molar-refractivity contribution is -0.115. The Bertz CT molecular complexity index is 748. The molecule has 0 amide bonds. The molecule has 0 atom stereocenters. The molecule has 0 aliphatic heterocycles. The lowest BCUT2D eigenvalue weighted by Crippen LogP contribution is -2.13. The molecule has 1 aromatic carbocycles. The van der Waals surface area contributed by atoms with E-state index >= 15 is 0 Å². The number of hydrogen-bond acceptors (Lipinski definition) is 6. The van der Waals surface area contributed by atoms with Crippen LogP contribution in [-0.2, 0) is 16.6 Å². The molecule has 1 aliphatic rings. The first-order valence-electron chi connectivity index (χ1n) is 6.54. The van der Waals surface area contributed by atoms with Gasteiger partial charge in [-0.05, 0) is 18.6 Å². The summed E-state index contributed by atoms with van der Waals surface area (Å²) in [6.45, 7) is 0. The summed E-state index contributed by atoms with van der Waals surface area (Å²) in [5.74, 6) is 0.623. The fraction of sp³-hybridized carbons (Fsp3) is 0.286. The van der Waals surface area contributed by atoms with Gasteiger partial charge in [0.25, 0.3) is 0 Å². The van der Waals surface area contributed by atoms with E-state index in [4.69, 9.17) is 9.47 Å². The monoisotopic (exact) mass is 287 g/mol. The zero-order chi connectivity index (χ0) is 14.8. The predicted octanol–water partition coefficient (Wildman–Crippen LogP) is 2.12. The lowest BCUT2D eigenvalue weighted by atomic mass is 10.1. The van der Waals surface area contributed by atoms with E-state index in [1.807, 2.05) is 0 Å². The van der Waals surface area contributed by atoms with Gasteiger partial charge in [0, 0.05) is 32.0 Å². The van der Waals surface area contributed by atoms with Crippen LogP contribution in [0.3, 0.4) is 0 Å². The molecule has 108 valence electrons. The smallest absolute Gasteiger partial charge is 0.399 e. The zero-order valence-electron chi connectivity index (χ0n) is 11.4. The Morgan fingerprint density at radius 3 is 2.95 bits per heavy atom. The third-order valence-electron chi connectivity index (χ3n) is 3.17. The lowest BCUT2D eigenvalue weighted by Gasteiger charge is -2.11. The van der Waals surface area contributed by atoms with E-state index in [1.165, 1.54) is 6.08 Å².